The van der Waals surface area contributed by atoms with Crippen molar-refractivity contribution in [1.82, 2.24) is 0 Å². The number of hydrogen-bond donors (Lipinski definition) is 2. The van der Waals surface area contributed by atoms with E-state index in [1.54, 1.807) is 7.11 Å². The molecule has 0 heterocycles. The summed E-state index contributed by atoms with van der Waals surface area (Å²) in [7, 11) is 1.69. The van der Waals surface area contributed by atoms with Crippen LogP contribution in [0.25, 0.3) is 0 Å². The van der Waals surface area contributed by atoms with Crippen molar-refractivity contribution in [3.63, 3.8) is 0 Å². The second-order valence-electron chi connectivity index (χ2n) is 3.21. The summed E-state index contributed by atoms with van der Waals surface area (Å²) in [4.78, 5) is 0. The summed E-state index contributed by atoms with van der Waals surface area (Å²) in [5, 5.41) is 3.33. The molecule has 1 aromatic rings. The van der Waals surface area contributed by atoms with Gasteiger partial charge in [0, 0.05) is 6.54 Å². The van der Waals surface area contributed by atoms with Crippen molar-refractivity contribution in [3.8, 4) is 5.75 Å². The number of aryl methyl sites for hydroxylation is 1. The summed E-state index contributed by atoms with van der Waals surface area (Å²) in [5.41, 5.74) is 2.30. The molecule has 78 valence electrons. The Hall–Kier alpha value is -0.830. The summed E-state index contributed by atoms with van der Waals surface area (Å²) in [6.07, 6.45) is 1.06. The topological polar surface area (TPSA) is 21.3 Å². The SMILES string of the molecule is COc1ccc(C)cc1NCCCS. The van der Waals surface area contributed by atoms with E-state index < -0.39 is 0 Å². The van der Waals surface area contributed by atoms with Crippen LogP contribution in [0.1, 0.15) is 12.0 Å². The number of benzene rings is 1. The molecule has 0 fully saturated rings. The first-order valence-electron chi connectivity index (χ1n) is 4.77. The van der Waals surface area contributed by atoms with Crippen LogP contribution in [0, 0.1) is 6.92 Å². The number of ether oxygens (including phenoxy) is 1. The largest absolute Gasteiger partial charge is 0.495 e. The van der Waals surface area contributed by atoms with Crippen LogP contribution in [0.4, 0.5) is 5.69 Å². The van der Waals surface area contributed by atoms with Gasteiger partial charge in [-0.2, -0.15) is 12.6 Å². The average Bonchev–Trinajstić information content (AvgIpc) is 2.19. The molecule has 0 aliphatic carbocycles. The smallest absolute Gasteiger partial charge is 0.141 e. The lowest BCUT2D eigenvalue weighted by molar-refractivity contribution is 0.416. The Morgan fingerprint density at radius 3 is 2.86 bits per heavy atom. The number of methoxy groups -OCH3 is 1. The van der Waals surface area contributed by atoms with Crippen molar-refractivity contribution in [3.05, 3.63) is 23.8 Å². The van der Waals surface area contributed by atoms with Crippen LogP contribution < -0.4 is 10.1 Å². The Bertz CT molecular complexity index is 289. The van der Waals surface area contributed by atoms with Gasteiger partial charge in [0.2, 0.25) is 0 Å². The fraction of sp³-hybridized carbons (Fsp3) is 0.455. The van der Waals surface area contributed by atoms with Crippen molar-refractivity contribution in [2.45, 2.75) is 13.3 Å². The first kappa shape index (κ1) is 11.2. The van der Waals surface area contributed by atoms with Gasteiger partial charge in [-0.1, -0.05) is 6.07 Å². The predicted molar refractivity (Wildman–Crippen MR) is 64.7 cm³/mol. The lowest BCUT2D eigenvalue weighted by Gasteiger charge is -2.11. The Balaban J connectivity index is 2.67. The van der Waals surface area contributed by atoms with Crippen LogP contribution in [-0.4, -0.2) is 19.4 Å². The zero-order chi connectivity index (χ0) is 10.4. The van der Waals surface area contributed by atoms with E-state index in [4.69, 9.17) is 4.74 Å². The van der Waals surface area contributed by atoms with Crippen molar-refractivity contribution in [2.75, 3.05) is 24.7 Å². The third-order valence-electron chi connectivity index (χ3n) is 2.01. The highest BCUT2D eigenvalue weighted by atomic mass is 32.1. The third kappa shape index (κ3) is 3.14. The van der Waals surface area contributed by atoms with E-state index in [1.807, 2.05) is 12.1 Å². The molecule has 3 heteroatoms. The van der Waals surface area contributed by atoms with Crippen molar-refractivity contribution in [2.24, 2.45) is 0 Å². The summed E-state index contributed by atoms with van der Waals surface area (Å²) in [5.74, 6) is 1.80. The molecule has 0 aromatic heterocycles. The number of nitrogens with one attached hydrogen (secondary N) is 1. The van der Waals surface area contributed by atoms with Gasteiger partial charge < -0.3 is 10.1 Å². The molecule has 1 aromatic carbocycles. The fourth-order valence-electron chi connectivity index (χ4n) is 1.26. The summed E-state index contributed by atoms with van der Waals surface area (Å²) >= 11 is 4.16. The molecule has 0 atom stereocenters. The summed E-state index contributed by atoms with van der Waals surface area (Å²) in [6.45, 7) is 3.01. The maximum absolute atomic E-state index is 5.25. The highest BCUT2D eigenvalue weighted by Crippen LogP contribution is 2.24. The monoisotopic (exact) mass is 211 g/mol. The first-order chi connectivity index (χ1) is 6.77. The fourth-order valence-corrected chi connectivity index (χ4v) is 1.42. The maximum atomic E-state index is 5.25. The van der Waals surface area contributed by atoms with Crippen molar-refractivity contribution in [1.29, 1.82) is 0 Å². The highest BCUT2D eigenvalue weighted by molar-refractivity contribution is 7.80. The molecular formula is C11H17NOS. The molecule has 0 amide bonds. The van der Waals surface area contributed by atoms with Gasteiger partial charge in [0.15, 0.2) is 0 Å². The van der Waals surface area contributed by atoms with Gasteiger partial charge in [-0.3, -0.25) is 0 Å². The van der Waals surface area contributed by atoms with Crippen LogP contribution >= 0.6 is 12.6 Å². The summed E-state index contributed by atoms with van der Waals surface area (Å²) in [6, 6.07) is 6.12. The van der Waals surface area contributed by atoms with Crippen LogP contribution in [0.3, 0.4) is 0 Å². The first-order valence-corrected chi connectivity index (χ1v) is 5.40. The highest BCUT2D eigenvalue weighted by Gasteiger charge is 2.01. The van der Waals surface area contributed by atoms with Gasteiger partial charge in [-0.25, -0.2) is 0 Å². The van der Waals surface area contributed by atoms with E-state index in [0.29, 0.717) is 0 Å². The minimum absolute atomic E-state index is 0.898. The Morgan fingerprint density at radius 2 is 2.21 bits per heavy atom. The quantitative estimate of drug-likeness (QED) is 0.577. The number of rotatable bonds is 5. The zero-order valence-corrected chi connectivity index (χ0v) is 9.60. The van der Waals surface area contributed by atoms with Crippen LogP contribution in [0.15, 0.2) is 18.2 Å². The summed E-state index contributed by atoms with van der Waals surface area (Å²) < 4.78 is 5.25. The molecule has 0 bridgehead atoms. The van der Waals surface area contributed by atoms with Crippen LogP contribution in [0.2, 0.25) is 0 Å². The van der Waals surface area contributed by atoms with Gasteiger partial charge in [-0.15, -0.1) is 0 Å². The van der Waals surface area contributed by atoms with Gasteiger partial charge in [0.05, 0.1) is 12.8 Å². The van der Waals surface area contributed by atoms with E-state index in [2.05, 4.69) is 30.9 Å². The number of anilines is 1. The molecule has 2 nitrogen and oxygen atoms in total. The second kappa shape index (κ2) is 5.81. The molecule has 0 saturated carbocycles. The van der Waals surface area contributed by atoms with E-state index >= 15 is 0 Å². The van der Waals surface area contributed by atoms with Crippen LogP contribution in [0.5, 0.6) is 5.75 Å². The van der Waals surface area contributed by atoms with Crippen LogP contribution in [-0.2, 0) is 0 Å². The Kier molecular flexibility index (Phi) is 4.66. The minimum atomic E-state index is 0.898. The minimum Gasteiger partial charge on any atom is -0.495 e. The molecule has 1 N–H and O–H groups in total. The molecule has 0 saturated heterocycles. The zero-order valence-electron chi connectivity index (χ0n) is 8.71. The second-order valence-corrected chi connectivity index (χ2v) is 3.65. The molecular weight excluding hydrogens is 194 g/mol. The van der Waals surface area contributed by atoms with E-state index in [-0.39, 0.29) is 0 Å². The molecule has 0 aliphatic rings. The van der Waals surface area contributed by atoms with E-state index in [0.717, 1.165) is 30.2 Å². The van der Waals surface area contributed by atoms with Gasteiger partial charge >= 0.3 is 0 Å². The Labute approximate surface area is 91.1 Å². The van der Waals surface area contributed by atoms with Gasteiger partial charge in [-0.05, 0) is 36.8 Å². The molecule has 0 unspecified atom stereocenters. The molecule has 1 rings (SSSR count). The number of thiol groups is 1. The molecule has 0 radical (unpaired) electrons. The molecule has 0 spiro atoms. The normalized spacial score (nSPS) is 9.93. The van der Waals surface area contributed by atoms with Gasteiger partial charge in [0.1, 0.15) is 5.75 Å². The van der Waals surface area contributed by atoms with Crippen molar-refractivity contribution >= 4 is 18.3 Å². The predicted octanol–water partition coefficient (Wildman–Crippen LogP) is 2.74. The average molecular weight is 211 g/mol. The third-order valence-corrected chi connectivity index (χ3v) is 2.32. The molecule has 14 heavy (non-hydrogen) atoms. The van der Waals surface area contributed by atoms with Gasteiger partial charge in [0.25, 0.3) is 0 Å². The van der Waals surface area contributed by atoms with Crippen molar-refractivity contribution < 1.29 is 4.74 Å². The van der Waals surface area contributed by atoms with E-state index in [9.17, 15) is 0 Å². The maximum Gasteiger partial charge on any atom is 0.141 e. The molecule has 0 aliphatic heterocycles. The number of hydrogen-bond acceptors (Lipinski definition) is 3. The Morgan fingerprint density at radius 1 is 1.43 bits per heavy atom. The lowest BCUT2D eigenvalue weighted by atomic mass is 10.2. The standard InChI is InChI=1S/C11H17NOS/c1-9-4-5-11(13-2)10(8-9)12-6-3-7-14/h4-5,8,12,14H,3,6-7H2,1-2H3. The lowest BCUT2D eigenvalue weighted by Crippen LogP contribution is -2.03. The van der Waals surface area contributed by atoms with E-state index in [1.165, 1.54) is 5.56 Å².